The number of carboxylic acids is 1. The lowest BCUT2D eigenvalue weighted by Crippen LogP contribution is -2.42. The highest BCUT2D eigenvalue weighted by molar-refractivity contribution is 6.32. The number of carboxylic acid groups (broad SMARTS) is 1. The molecule has 1 aromatic heterocycles. The third-order valence-electron chi connectivity index (χ3n) is 4.09. The van der Waals surface area contributed by atoms with Crippen LogP contribution in [0.4, 0.5) is 0 Å². The van der Waals surface area contributed by atoms with Gasteiger partial charge in [-0.2, -0.15) is 0 Å². The van der Waals surface area contributed by atoms with Gasteiger partial charge in [0.15, 0.2) is 0 Å². The van der Waals surface area contributed by atoms with Gasteiger partial charge in [-0.25, -0.2) is 9.78 Å². The number of aromatic nitrogens is 1. The number of ether oxygens (including phenoxy) is 1. The second kappa shape index (κ2) is 8.05. The lowest BCUT2D eigenvalue weighted by atomic mass is 10.1. The first-order valence-corrected chi connectivity index (χ1v) is 8.57. The van der Waals surface area contributed by atoms with Gasteiger partial charge in [0, 0.05) is 11.8 Å². The summed E-state index contributed by atoms with van der Waals surface area (Å²) in [5.74, 6) is -1.19. The Hall–Kier alpha value is -3.12. The molecule has 0 aliphatic rings. The quantitative estimate of drug-likeness (QED) is 0.680. The van der Waals surface area contributed by atoms with Crippen LogP contribution in [0.25, 0.3) is 10.9 Å². The second-order valence-electron chi connectivity index (χ2n) is 5.93. The number of aliphatic carboxylic acids is 1. The van der Waals surface area contributed by atoms with Gasteiger partial charge in [0.05, 0.1) is 17.6 Å². The molecule has 0 unspecified atom stereocenters. The summed E-state index contributed by atoms with van der Waals surface area (Å²) in [6, 6.07) is 14.6. The molecule has 0 saturated heterocycles. The summed E-state index contributed by atoms with van der Waals surface area (Å²) in [5, 5.41) is 13.3. The van der Waals surface area contributed by atoms with E-state index in [1.165, 1.54) is 7.11 Å². The van der Waals surface area contributed by atoms with Crippen LogP contribution in [0.3, 0.4) is 0 Å². The molecular formula is C20H17ClN2O4. The summed E-state index contributed by atoms with van der Waals surface area (Å²) in [5.41, 5.74) is 1.49. The van der Waals surface area contributed by atoms with Crippen LogP contribution in [-0.2, 0) is 11.2 Å². The molecule has 0 radical (unpaired) electrons. The molecule has 3 rings (SSSR count). The zero-order valence-electron chi connectivity index (χ0n) is 14.5. The molecule has 2 aromatic carbocycles. The van der Waals surface area contributed by atoms with Gasteiger partial charge in [0.25, 0.3) is 5.91 Å². The van der Waals surface area contributed by atoms with E-state index >= 15 is 0 Å². The summed E-state index contributed by atoms with van der Waals surface area (Å²) in [4.78, 5) is 28.4. The fraction of sp³-hybridized carbons (Fsp3) is 0.150. The fourth-order valence-electron chi connectivity index (χ4n) is 2.70. The summed E-state index contributed by atoms with van der Waals surface area (Å²) < 4.78 is 5.08. The Morgan fingerprint density at radius 3 is 2.67 bits per heavy atom. The summed E-state index contributed by atoms with van der Waals surface area (Å²) >= 11 is 6.08. The first-order chi connectivity index (χ1) is 13.0. The van der Waals surface area contributed by atoms with Crippen molar-refractivity contribution in [3.8, 4) is 5.75 Å². The van der Waals surface area contributed by atoms with Crippen LogP contribution in [0.1, 0.15) is 16.1 Å². The number of nitrogens with one attached hydrogen (secondary N) is 1. The standard InChI is InChI=1S/C20H17ClN2O4/c1-27-18-9-6-12(10-14(18)21)11-17(20(25)26)23-19(24)16-8-7-13-4-2-3-5-15(13)22-16/h2-10,17H,11H2,1H3,(H,23,24)(H,25,26)/t17-/m0/s1. The van der Waals surface area contributed by atoms with Gasteiger partial charge in [0.1, 0.15) is 17.5 Å². The highest BCUT2D eigenvalue weighted by atomic mass is 35.5. The number of carbonyl (C=O) groups excluding carboxylic acids is 1. The van der Waals surface area contributed by atoms with Gasteiger partial charge >= 0.3 is 5.97 Å². The molecule has 1 amide bonds. The highest BCUT2D eigenvalue weighted by Crippen LogP contribution is 2.25. The normalized spacial score (nSPS) is 11.8. The smallest absolute Gasteiger partial charge is 0.326 e. The van der Waals surface area contributed by atoms with Gasteiger partial charge in [0.2, 0.25) is 0 Å². The van der Waals surface area contributed by atoms with Crippen LogP contribution in [0.2, 0.25) is 5.02 Å². The number of benzene rings is 2. The average molecular weight is 385 g/mol. The number of rotatable bonds is 6. The maximum atomic E-state index is 12.5. The first-order valence-electron chi connectivity index (χ1n) is 8.20. The minimum Gasteiger partial charge on any atom is -0.495 e. The minimum absolute atomic E-state index is 0.0817. The summed E-state index contributed by atoms with van der Waals surface area (Å²) in [7, 11) is 1.50. The van der Waals surface area contributed by atoms with Crippen molar-refractivity contribution in [1.82, 2.24) is 10.3 Å². The predicted molar refractivity (Wildman–Crippen MR) is 102 cm³/mol. The molecule has 0 bridgehead atoms. The lowest BCUT2D eigenvalue weighted by Gasteiger charge is -2.15. The van der Waals surface area contributed by atoms with E-state index in [-0.39, 0.29) is 12.1 Å². The average Bonchev–Trinajstić information content (AvgIpc) is 2.67. The monoisotopic (exact) mass is 384 g/mol. The molecular weight excluding hydrogens is 368 g/mol. The van der Waals surface area contributed by atoms with E-state index in [1.54, 1.807) is 36.4 Å². The first kappa shape index (κ1) is 18.7. The number of fused-ring (bicyclic) bond motifs is 1. The van der Waals surface area contributed by atoms with Gasteiger partial charge in [-0.15, -0.1) is 0 Å². The molecule has 6 nitrogen and oxygen atoms in total. The van der Waals surface area contributed by atoms with Crippen LogP contribution in [0.5, 0.6) is 5.75 Å². The number of hydrogen-bond donors (Lipinski definition) is 2. The van der Waals surface area contributed by atoms with Crippen molar-refractivity contribution in [2.45, 2.75) is 12.5 Å². The van der Waals surface area contributed by atoms with E-state index < -0.39 is 17.9 Å². The highest BCUT2D eigenvalue weighted by Gasteiger charge is 2.22. The van der Waals surface area contributed by atoms with E-state index in [1.807, 2.05) is 18.2 Å². The van der Waals surface area contributed by atoms with Gasteiger partial charge in [-0.05, 0) is 29.8 Å². The van der Waals surface area contributed by atoms with Crippen molar-refractivity contribution < 1.29 is 19.4 Å². The Morgan fingerprint density at radius 2 is 1.96 bits per heavy atom. The number of nitrogens with zero attached hydrogens (tertiary/aromatic N) is 1. The maximum absolute atomic E-state index is 12.5. The van der Waals surface area contributed by atoms with Crippen molar-refractivity contribution in [3.05, 3.63) is 70.9 Å². The van der Waals surface area contributed by atoms with Crippen molar-refractivity contribution in [2.75, 3.05) is 7.11 Å². The molecule has 7 heteroatoms. The van der Waals surface area contributed by atoms with Crippen molar-refractivity contribution >= 4 is 34.4 Å². The molecule has 2 N–H and O–H groups in total. The van der Waals surface area contributed by atoms with Crippen LogP contribution >= 0.6 is 11.6 Å². The Kier molecular flexibility index (Phi) is 5.57. The Bertz CT molecular complexity index is 1010. The van der Waals surface area contributed by atoms with E-state index in [4.69, 9.17) is 16.3 Å². The molecule has 1 atom stereocenters. The molecule has 0 saturated carbocycles. The van der Waals surface area contributed by atoms with E-state index in [9.17, 15) is 14.7 Å². The number of hydrogen-bond acceptors (Lipinski definition) is 4. The van der Waals surface area contributed by atoms with Crippen LogP contribution in [0, 0.1) is 0 Å². The number of methoxy groups -OCH3 is 1. The summed E-state index contributed by atoms with van der Waals surface area (Å²) in [6.07, 6.45) is 0.0817. The maximum Gasteiger partial charge on any atom is 0.326 e. The summed E-state index contributed by atoms with van der Waals surface area (Å²) in [6.45, 7) is 0. The number of pyridine rings is 1. The lowest BCUT2D eigenvalue weighted by molar-refractivity contribution is -0.139. The van der Waals surface area contributed by atoms with Gasteiger partial charge < -0.3 is 15.2 Å². The van der Waals surface area contributed by atoms with E-state index in [2.05, 4.69) is 10.3 Å². The van der Waals surface area contributed by atoms with Crippen molar-refractivity contribution in [1.29, 1.82) is 0 Å². The van der Waals surface area contributed by atoms with Gasteiger partial charge in [-0.3, -0.25) is 4.79 Å². The SMILES string of the molecule is COc1ccc(C[C@H](NC(=O)c2ccc3ccccc3n2)C(=O)O)cc1Cl. The van der Waals surface area contributed by atoms with E-state index in [0.717, 1.165) is 5.39 Å². The third kappa shape index (κ3) is 4.35. The molecule has 0 spiro atoms. The molecule has 138 valence electrons. The third-order valence-corrected chi connectivity index (χ3v) is 4.39. The van der Waals surface area contributed by atoms with Crippen molar-refractivity contribution in [3.63, 3.8) is 0 Å². The minimum atomic E-state index is -1.14. The van der Waals surface area contributed by atoms with Crippen molar-refractivity contribution in [2.24, 2.45) is 0 Å². The Balaban J connectivity index is 1.77. The molecule has 0 aliphatic heterocycles. The Morgan fingerprint density at radius 1 is 1.19 bits per heavy atom. The molecule has 27 heavy (non-hydrogen) atoms. The number of para-hydroxylation sites is 1. The number of halogens is 1. The predicted octanol–water partition coefficient (Wildman–Crippen LogP) is 3.32. The van der Waals surface area contributed by atoms with E-state index in [0.29, 0.717) is 21.9 Å². The molecule has 0 fully saturated rings. The zero-order chi connectivity index (χ0) is 19.4. The van der Waals surface area contributed by atoms with Crippen LogP contribution < -0.4 is 10.1 Å². The van der Waals surface area contributed by atoms with Gasteiger partial charge in [-0.1, -0.05) is 41.9 Å². The fourth-order valence-corrected chi connectivity index (χ4v) is 2.98. The molecule has 1 heterocycles. The number of amides is 1. The topological polar surface area (TPSA) is 88.5 Å². The second-order valence-corrected chi connectivity index (χ2v) is 6.33. The number of carbonyl (C=O) groups is 2. The Labute approximate surface area is 160 Å². The van der Waals surface area contributed by atoms with Crippen LogP contribution in [-0.4, -0.2) is 35.1 Å². The molecule has 0 aliphatic carbocycles. The molecule has 3 aromatic rings. The largest absolute Gasteiger partial charge is 0.495 e. The zero-order valence-corrected chi connectivity index (χ0v) is 15.2. The van der Waals surface area contributed by atoms with Crippen LogP contribution in [0.15, 0.2) is 54.6 Å².